The van der Waals surface area contributed by atoms with Gasteiger partial charge in [-0.05, 0) is 60.7 Å². The lowest BCUT2D eigenvalue weighted by atomic mass is 10.1. The Labute approximate surface area is 232 Å². The summed E-state index contributed by atoms with van der Waals surface area (Å²) in [5.41, 5.74) is 1.42. The number of nitrogens with one attached hydrogen (secondary N) is 2. The van der Waals surface area contributed by atoms with Gasteiger partial charge in [-0.3, -0.25) is 24.2 Å². The number of amides is 3. The topological polar surface area (TPSA) is 152 Å². The minimum absolute atomic E-state index is 0.0892. The van der Waals surface area contributed by atoms with E-state index in [-0.39, 0.29) is 24.1 Å². The fourth-order valence-corrected chi connectivity index (χ4v) is 4.68. The summed E-state index contributed by atoms with van der Waals surface area (Å²) in [4.78, 5) is 57.8. The van der Waals surface area contributed by atoms with Crippen molar-refractivity contribution in [2.24, 2.45) is 0 Å². The van der Waals surface area contributed by atoms with Crippen molar-refractivity contribution in [3.05, 3.63) is 71.8 Å². The highest BCUT2D eigenvalue weighted by atomic mass is 16.2. The summed E-state index contributed by atoms with van der Waals surface area (Å²) in [7, 11) is 0. The standard InChI is InChI=1S/C28H34N8O4/c1-3-22(24(37)18-36-25(32-33-34-36)17-20-9-5-4-6-10-20)30-26(38)19(2)35-16-8-7-11-23(28(35)40)31-27(39)21-12-14-29-15-13-21/h4-6,9-10,12-15,19,22-23H,3,7-8,11,16-18H2,1-2H3,(H,30,38)(H,31,39). The molecule has 1 aliphatic rings. The number of Topliss-reactive ketones (excluding diaryl/α,β-unsaturated/α-hetero) is 1. The van der Waals surface area contributed by atoms with Gasteiger partial charge < -0.3 is 15.5 Å². The van der Waals surface area contributed by atoms with Crippen molar-refractivity contribution in [1.29, 1.82) is 0 Å². The maximum atomic E-state index is 13.4. The van der Waals surface area contributed by atoms with Gasteiger partial charge in [-0.1, -0.05) is 37.3 Å². The predicted molar refractivity (Wildman–Crippen MR) is 145 cm³/mol. The molecule has 210 valence electrons. The van der Waals surface area contributed by atoms with Crippen molar-refractivity contribution in [1.82, 2.24) is 40.7 Å². The van der Waals surface area contributed by atoms with Crippen LogP contribution in [-0.2, 0) is 27.3 Å². The number of hydrogen-bond acceptors (Lipinski definition) is 8. The summed E-state index contributed by atoms with van der Waals surface area (Å²) in [6.07, 6.45) is 5.77. The molecule has 4 rings (SSSR count). The van der Waals surface area contributed by atoms with Crippen LogP contribution in [0.25, 0.3) is 0 Å². The van der Waals surface area contributed by atoms with Gasteiger partial charge in [0.2, 0.25) is 11.8 Å². The second-order valence-electron chi connectivity index (χ2n) is 9.82. The Morgan fingerprint density at radius 2 is 1.82 bits per heavy atom. The largest absolute Gasteiger partial charge is 0.344 e. The second kappa shape index (κ2) is 13.5. The molecule has 0 spiro atoms. The van der Waals surface area contributed by atoms with Crippen LogP contribution in [0.2, 0.25) is 0 Å². The first kappa shape index (κ1) is 28.5. The first-order valence-corrected chi connectivity index (χ1v) is 13.5. The van der Waals surface area contributed by atoms with E-state index in [1.54, 1.807) is 26.0 Å². The smallest absolute Gasteiger partial charge is 0.252 e. The molecule has 40 heavy (non-hydrogen) atoms. The molecular formula is C28H34N8O4. The highest BCUT2D eigenvalue weighted by Crippen LogP contribution is 2.16. The van der Waals surface area contributed by atoms with Crippen molar-refractivity contribution in [3.63, 3.8) is 0 Å². The number of ketones is 1. The summed E-state index contributed by atoms with van der Waals surface area (Å²) < 4.78 is 1.45. The molecule has 1 saturated heterocycles. The number of pyridine rings is 1. The van der Waals surface area contributed by atoms with Crippen LogP contribution in [-0.4, -0.2) is 78.3 Å². The quantitative estimate of drug-likeness (QED) is 0.365. The number of benzene rings is 1. The Morgan fingerprint density at radius 3 is 2.55 bits per heavy atom. The minimum Gasteiger partial charge on any atom is -0.344 e. The number of nitrogens with zero attached hydrogens (tertiary/aromatic N) is 6. The molecule has 3 unspecified atom stereocenters. The van der Waals surface area contributed by atoms with Gasteiger partial charge in [0.1, 0.15) is 18.6 Å². The molecule has 3 atom stereocenters. The van der Waals surface area contributed by atoms with Gasteiger partial charge in [0, 0.05) is 30.9 Å². The molecule has 0 saturated carbocycles. The van der Waals surface area contributed by atoms with Crippen LogP contribution < -0.4 is 10.6 Å². The molecule has 2 N–H and O–H groups in total. The summed E-state index contributed by atoms with van der Waals surface area (Å²) in [5.74, 6) is -0.818. The van der Waals surface area contributed by atoms with E-state index in [9.17, 15) is 19.2 Å². The molecular weight excluding hydrogens is 512 g/mol. The van der Waals surface area contributed by atoms with Crippen molar-refractivity contribution >= 4 is 23.5 Å². The summed E-state index contributed by atoms with van der Waals surface area (Å²) >= 11 is 0. The van der Waals surface area contributed by atoms with E-state index in [2.05, 4.69) is 31.1 Å². The van der Waals surface area contributed by atoms with Crippen molar-refractivity contribution < 1.29 is 19.2 Å². The van der Waals surface area contributed by atoms with E-state index in [1.165, 1.54) is 22.0 Å². The van der Waals surface area contributed by atoms with E-state index in [1.807, 2.05) is 30.3 Å². The molecule has 12 nitrogen and oxygen atoms in total. The zero-order valence-electron chi connectivity index (χ0n) is 22.7. The molecule has 3 heterocycles. The molecule has 12 heteroatoms. The first-order valence-electron chi connectivity index (χ1n) is 13.5. The van der Waals surface area contributed by atoms with Crippen LogP contribution in [0.5, 0.6) is 0 Å². The van der Waals surface area contributed by atoms with Gasteiger partial charge in [-0.15, -0.1) is 5.10 Å². The average Bonchev–Trinajstić information content (AvgIpc) is 3.32. The highest BCUT2D eigenvalue weighted by molar-refractivity contribution is 5.98. The number of aromatic nitrogens is 5. The lowest BCUT2D eigenvalue weighted by Crippen LogP contribution is -2.56. The Kier molecular flexibility index (Phi) is 9.66. The lowest BCUT2D eigenvalue weighted by Gasteiger charge is -2.30. The van der Waals surface area contributed by atoms with Gasteiger partial charge >= 0.3 is 0 Å². The first-order chi connectivity index (χ1) is 19.4. The minimum atomic E-state index is -0.825. The zero-order valence-corrected chi connectivity index (χ0v) is 22.7. The molecule has 3 aromatic rings. The number of rotatable bonds is 11. The van der Waals surface area contributed by atoms with Gasteiger partial charge in [0.25, 0.3) is 5.91 Å². The number of carbonyl (C=O) groups excluding carboxylic acids is 4. The molecule has 1 fully saturated rings. The molecule has 0 aliphatic carbocycles. The van der Waals surface area contributed by atoms with Gasteiger partial charge in [-0.25, -0.2) is 4.68 Å². The Hall–Kier alpha value is -4.48. The number of hydrogen-bond donors (Lipinski definition) is 2. The van der Waals surface area contributed by atoms with Crippen LogP contribution >= 0.6 is 0 Å². The van der Waals surface area contributed by atoms with E-state index < -0.39 is 24.0 Å². The third-order valence-electron chi connectivity index (χ3n) is 7.05. The summed E-state index contributed by atoms with van der Waals surface area (Å²) in [6.45, 7) is 3.73. The van der Waals surface area contributed by atoms with E-state index in [0.29, 0.717) is 43.6 Å². The summed E-state index contributed by atoms with van der Waals surface area (Å²) in [5, 5.41) is 17.3. The second-order valence-corrected chi connectivity index (χ2v) is 9.82. The number of tetrazole rings is 1. The molecule has 0 bridgehead atoms. The number of carbonyl (C=O) groups is 4. The third-order valence-corrected chi connectivity index (χ3v) is 7.05. The van der Waals surface area contributed by atoms with Crippen LogP contribution in [0.3, 0.4) is 0 Å². The Morgan fingerprint density at radius 1 is 1.07 bits per heavy atom. The molecule has 3 amide bonds. The normalized spacial score (nSPS) is 17.0. The highest BCUT2D eigenvalue weighted by Gasteiger charge is 2.35. The maximum absolute atomic E-state index is 13.4. The van der Waals surface area contributed by atoms with Gasteiger partial charge in [0.05, 0.1) is 6.04 Å². The lowest BCUT2D eigenvalue weighted by molar-refractivity contribution is -0.141. The molecule has 1 aromatic carbocycles. The van der Waals surface area contributed by atoms with E-state index >= 15 is 0 Å². The zero-order chi connectivity index (χ0) is 28.5. The van der Waals surface area contributed by atoms with Gasteiger partial charge in [-0.2, -0.15) is 0 Å². The van der Waals surface area contributed by atoms with Crippen LogP contribution in [0.1, 0.15) is 61.3 Å². The van der Waals surface area contributed by atoms with E-state index in [4.69, 9.17) is 0 Å². The molecule has 1 aliphatic heterocycles. The average molecular weight is 547 g/mol. The van der Waals surface area contributed by atoms with Gasteiger partial charge in [0.15, 0.2) is 11.6 Å². The summed E-state index contributed by atoms with van der Waals surface area (Å²) in [6, 6.07) is 10.5. The molecule has 2 aromatic heterocycles. The van der Waals surface area contributed by atoms with Crippen molar-refractivity contribution in [2.45, 2.75) is 70.6 Å². The number of likely N-dealkylation sites (tertiary alicyclic amines) is 1. The third kappa shape index (κ3) is 7.13. The monoisotopic (exact) mass is 546 g/mol. The van der Waals surface area contributed by atoms with E-state index in [0.717, 1.165) is 12.0 Å². The predicted octanol–water partition coefficient (Wildman–Crippen LogP) is 1.32. The van der Waals surface area contributed by atoms with Crippen LogP contribution in [0.4, 0.5) is 0 Å². The fourth-order valence-electron chi connectivity index (χ4n) is 4.68. The fraction of sp³-hybridized carbons (Fsp3) is 0.429. The Bertz CT molecular complexity index is 1310. The maximum Gasteiger partial charge on any atom is 0.252 e. The van der Waals surface area contributed by atoms with Crippen LogP contribution in [0.15, 0.2) is 54.9 Å². The van der Waals surface area contributed by atoms with Crippen molar-refractivity contribution in [2.75, 3.05) is 6.54 Å². The van der Waals surface area contributed by atoms with Crippen LogP contribution in [0, 0.1) is 0 Å². The van der Waals surface area contributed by atoms with Crippen molar-refractivity contribution in [3.8, 4) is 0 Å². The Balaban J connectivity index is 1.37. The SMILES string of the molecule is CCC(NC(=O)C(C)N1CCCCC(NC(=O)c2ccncc2)C1=O)C(=O)Cn1nnnc1Cc1ccccc1. The molecule has 0 radical (unpaired) electrons.